The Hall–Kier alpha value is -2.87. The molecule has 0 spiro atoms. The summed E-state index contributed by atoms with van der Waals surface area (Å²) in [4.78, 5) is 6.22. The normalized spacial score (nSPS) is 11.4. The van der Waals surface area contributed by atoms with Gasteiger partial charge in [-0.1, -0.05) is 5.16 Å². The number of nitrogens with one attached hydrogen (secondary N) is 1. The summed E-state index contributed by atoms with van der Waals surface area (Å²) in [7, 11) is -1.73. The Morgan fingerprint density at radius 2 is 1.74 bits per heavy atom. The summed E-state index contributed by atoms with van der Waals surface area (Å²) in [6, 6.07) is 11.3. The first kappa shape index (κ1) is 18.9. The fourth-order valence-electron chi connectivity index (χ4n) is 2.82. The lowest BCUT2D eigenvalue weighted by atomic mass is 10.2. The Labute approximate surface area is 159 Å². The minimum atomic E-state index is -3.74. The molecule has 0 aliphatic carbocycles. The van der Waals surface area contributed by atoms with Gasteiger partial charge in [-0.3, -0.25) is 9.71 Å². The number of anilines is 2. The van der Waals surface area contributed by atoms with Crippen LogP contribution in [0.1, 0.15) is 17.0 Å². The molecule has 0 saturated heterocycles. The highest BCUT2D eigenvalue weighted by Gasteiger charge is 2.24. The molecule has 1 N–H and O–H groups in total. The van der Waals surface area contributed by atoms with Gasteiger partial charge < -0.3 is 9.42 Å². The zero-order valence-electron chi connectivity index (χ0n) is 15.5. The third-order valence-corrected chi connectivity index (χ3v) is 5.91. The number of hydrogen-bond donors (Lipinski definition) is 1. The van der Waals surface area contributed by atoms with E-state index in [4.69, 9.17) is 4.52 Å². The average Bonchev–Trinajstić information content (AvgIpc) is 3.00. The summed E-state index contributed by atoms with van der Waals surface area (Å²) in [5.74, 6) is 0.271. The Morgan fingerprint density at radius 1 is 1.07 bits per heavy atom. The minimum absolute atomic E-state index is 0.0843. The van der Waals surface area contributed by atoms with E-state index < -0.39 is 10.0 Å². The summed E-state index contributed by atoms with van der Waals surface area (Å²) in [6.45, 7) is 4.02. The standard InChI is InChI=1S/C19H22N4O3S/c1-14-19(15(2)26-21-14)27(24,25)22-17-4-6-18(7-5-17)23(3)13-10-16-8-11-20-12-9-16/h4-9,11-12,22H,10,13H2,1-3H3. The topological polar surface area (TPSA) is 88.3 Å². The van der Waals surface area contributed by atoms with E-state index in [-0.39, 0.29) is 10.7 Å². The van der Waals surface area contributed by atoms with Crippen molar-refractivity contribution in [2.45, 2.75) is 25.2 Å². The molecular weight excluding hydrogens is 364 g/mol. The lowest BCUT2D eigenvalue weighted by molar-refractivity contribution is 0.390. The monoisotopic (exact) mass is 386 g/mol. The van der Waals surface area contributed by atoms with Crippen molar-refractivity contribution in [3.63, 3.8) is 0 Å². The smallest absolute Gasteiger partial charge is 0.267 e. The predicted molar refractivity (Wildman–Crippen MR) is 104 cm³/mol. The highest BCUT2D eigenvalue weighted by Crippen LogP contribution is 2.24. The van der Waals surface area contributed by atoms with Gasteiger partial charge in [0.15, 0.2) is 10.7 Å². The van der Waals surface area contributed by atoms with Crippen LogP contribution in [0.25, 0.3) is 0 Å². The summed E-state index contributed by atoms with van der Waals surface area (Å²) in [6.07, 6.45) is 4.48. The van der Waals surface area contributed by atoms with Crippen LogP contribution in [-0.2, 0) is 16.4 Å². The summed E-state index contributed by atoms with van der Waals surface area (Å²) in [5.41, 5.74) is 3.05. The van der Waals surface area contributed by atoms with Gasteiger partial charge in [-0.25, -0.2) is 8.42 Å². The van der Waals surface area contributed by atoms with Crippen LogP contribution in [0.2, 0.25) is 0 Å². The van der Waals surface area contributed by atoms with Gasteiger partial charge in [0.25, 0.3) is 10.0 Å². The minimum Gasteiger partial charge on any atom is -0.374 e. The van der Waals surface area contributed by atoms with Gasteiger partial charge in [0, 0.05) is 37.4 Å². The van der Waals surface area contributed by atoms with Crippen molar-refractivity contribution in [3.05, 3.63) is 65.8 Å². The van der Waals surface area contributed by atoms with Gasteiger partial charge in [0.1, 0.15) is 5.69 Å². The van der Waals surface area contributed by atoms with Crippen molar-refractivity contribution >= 4 is 21.4 Å². The van der Waals surface area contributed by atoms with Crippen LogP contribution >= 0.6 is 0 Å². The molecule has 2 heterocycles. The van der Waals surface area contributed by atoms with Crippen molar-refractivity contribution in [2.75, 3.05) is 23.2 Å². The van der Waals surface area contributed by atoms with Crippen LogP contribution in [0.4, 0.5) is 11.4 Å². The van der Waals surface area contributed by atoms with Crippen LogP contribution in [-0.4, -0.2) is 32.2 Å². The second-order valence-electron chi connectivity index (χ2n) is 6.33. The molecule has 0 saturated carbocycles. The molecule has 0 aliphatic heterocycles. The van der Waals surface area contributed by atoms with E-state index in [1.54, 1.807) is 38.4 Å². The van der Waals surface area contributed by atoms with Gasteiger partial charge in [-0.2, -0.15) is 0 Å². The molecule has 0 amide bonds. The molecule has 3 rings (SSSR count). The number of hydrogen-bond acceptors (Lipinski definition) is 6. The molecule has 0 aliphatic rings. The molecule has 0 bridgehead atoms. The van der Waals surface area contributed by atoms with Crippen molar-refractivity contribution in [1.29, 1.82) is 0 Å². The molecule has 142 valence electrons. The third kappa shape index (κ3) is 4.46. The zero-order valence-corrected chi connectivity index (χ0v) is 16.3. The van der Waals surface area contributed by atoms with E-state index in [1.807, 2.05) is 31.3 Å². The second-order valence-corrected chi connectivity index (χ2v) is 7.95. The number of aryl methyl sites for hydroxylation is 2. The Balaban J connectivity index is 1.66. The molecule has 8 heteroatoms. The van der Waals surface area contributed by atoms with Gasteiger partial charge in [-0.15, -0.1) is 0 Å². The maximum Gasteiger partial charge on any atom is 0.267 e. The Kier molecular flexibility index (Phi) is 5.46. The molecule has 0 radical (unpaired) electrons. The van der Waals surface area contributed by atoms with Crippen molar-refractivity contribution < 1.29 is 12.9 Å². The lowest BCUT2D eigenvalue weighted by Crippen LogP contribution is -2.20. The van der Waals surface area contributed by atoms with Crippen LogP contribution in [0.15, 0.2) is 58.2 Å². The maximum atomic E-state index is 12.6. The first-order valence-electron chi connectivity index (χ1n) is 8.52. The van der Waals surface area contributed by atoms with E-state index in [9.17, 15) is 8.42 Å². The van der Waals surface area contributed by atoms with Crippen LogP contribution < -0.4 is 9.62 Å². The molecule has 0 fully saturated rings. The van der Waals surface area contributed by atoms with Gasteiger partial charge in [0.2, 0.25) is 0 Å². The third-order valence-electron chi connectivity index (χ3n) is 4.28. The van der Waals surface area contributed by atoms with Crippen LogP contribution in [0.3, 0.4) is 0 Å². The van der Waals surface area contributed by atoms with Gasteiger partial charge >= 0.3 is 0 Å². The number of pyridine rings is 1. The maximum absolute atomic E-state index is 12.6. The molecule has 2 aromatic heterocycles. The SMILES string of the molecule is Cc1noc(C)c1S(=O)(=O)Nc1ccc(N(C)CCc2ccncc2)cc1. The Morgan fingerprint density at radius 3 is 2.33 bits per heavy atom. The summed E-state index contributed by atoms with van der Waals surface area (Å²) in [5, 5.41) is 3.70. The molecule has 3 aromatic rings. The highest BCUT2D eigenvalue weighted by atomic mass is 32.2. The van der Waals surface area contributed by atoms with Crippen LogP contribution in [0, 0.1) is 13.8 Å². The van der Waals surface area contributed by atoms with E-state index in [1.165, 1.54) is 5.56 Å². The first-order chi connectivity index (χ1) is 12.9. The van der Waals surface area contributed by atoms with E-state index >= 15 is 0 Å². The van der Waals surface area contributed by atoms with Crippen molar-refractivity contribution in [3.8, 4) is 0 Å². The molecular formula is C19H22N4O3S. The van der Waals surface area contributed by atoms with Gasteiger partial charge in [0.05, 0.1) is 0 Å². The zero-order chi connectivity index (χ0) is 19.4. The van der Waals surface area contributed by atoms with E-state index in [0.29, 0.717) is 11.4 Å². The van der Waals surface area contributed by atoms with E-state index in [0.717, 1.165) is 18.7 Å². The predicted octanol–water partition coefficient (Wildman–Crippen LogP) is 3.17. The lowest BCUT2D eigenvalue weighted by Gasteiger charge is -2.19. The number of sulfonamides is 1. The van der Waals surface area contributed by atoms with Crippen molar-refractivity contribution in [1.82, 2.24) is 10.1 Å². The molecule has 7 nitrogen and oxygen atoms in total. The number of likely N-dealkylation sites (N-methyl/N-ethyl adjacent to an activating group) is 1. The average molecular weight is 386 g/mol. The Bertz CT molecular complexity index is 980. The summed E-state index contributed by atoms with van der Waals surface area (Å²) >= 11 is 0. The number of nitrogens with zero attached hydrogens (tertiary/aromatic N) is 3. The van der Waals surface area contributed by atoms with E-state index in [2.05, 4.69) is 19.8 Å². The fraction of sp³-hybridized carbons (Fsp3) is 0.263. The quantitative estimate of drug-likeness (QED) is 0.671. The number of benzene rings is 1. The summed E-state index contributed by atoms with van der Waals surface area (Å²) < 4.78 is 32.6. The molecule has 0 unspecified atom stereocenters. The number of rotatable bonds is 7. The highest BCUT2D eigenvalue weighted by molar-refractivity contribution is 7.92. The van der Waals surface area contributed by atoms with Crippen LogP contribution in [0.5, 0.6) is 0 Å². The van der Waals surface area contributed by atoms with Gasteiger partial charge in [-0.05, 0) is 62.2 Å². The largest absolute Gasteiger partial charge is 0.374 e. The van der Waals surface area contributed by atoms with Crippen molar-refractivity contribution in [2.24, 2.45) is 0 Å². The first-order valence-corrected chi connectivity index (χ1v) is 10.0. The molecule has 27 heavy (non-hydrogen) atoms. The molecule has 0 atom stereocenters. The molecule has 1 aromatic carbocycles. The number of aromatic nitrogens is 2. The second kappa shape index (κ2) is 7.79. The fourth-order valence-corrected chi connectivity index (χ4v) is 4.21.